The Balaban J connectivity index is 2.39. The Morgan fingerprint density at radius 3 is 1.38 bits per heavy atom. The molecule has 0 bridgehead atoms. The van der Waals surface area contributed by atoms with Crippen molar-refractivity contribution in [1.29, 1.82) is 0 Å². The Bertz CT molecular complexity index is 3050. The van der Waals surface area contributed by atoms with Gasteiger partial charge in [-0.25, -0.2) is 0 Å². The summed E-state index contributed by atoms with van der Waals surface area (Å²) in [7, 11) is 0. The number of carboxylic acid groups (broad SMARTS) is 1. The maximum absolute atomic E-state index is 14.5. The van der Waals surface area contributed by atoms with E-state index in [2.05, 4.69) is 57.8 Å². The molecule has 0 spiro atoms. The maximum atomic E-state index is 14.5. The number of nitrogens with one attached hydrogen (secondary N) is 9. The van der Waals surface area contributed by atoms with E-state index in [9.17, 15) is 72.5 Å². The van der Waals surface area contributed by atoms with Crippen molar-refractivity contribution < 1.29 is 72.5 Å². The van der Waals surface area contributed by atoms with E-state index in [1.54, 1.807) is 79.3 Å². The monoisotopic (exact) mass is 1470 g/mol. The molecular formula is C70H121N19O15. The molecule has 0 aromatic heterocycles. The Hall–Kier alpha value is -9.21. The molecule has 0 radical (unpaired) electrons. The lowest BCUT2D eigenvalue weighted by atomic mass is 9.91. The van der Waals surface area contributed by atoms with E-state index < -0.39 is 162 Å². The molecule has 2 rings (SSSR count). The van der Waals surface area contributed by atoms with Gasteiger partial charge in [-0.1, -0.05) is 74.4 Å². The molecule has 1 aromatic rings. The number of carbonyl (C=O) groups is 13. The number of hydrogen-bond acceptors (Lipinski definition) is 18. The lowest BCUT2D eigenvalue weighted by Crippen LogP contribution is -2.61. The molecule has 1 fully saturated rings. The molecule has 11 amide bonds. The number of phenolic OH excluding ortho intramolecular Hbond substituents is 1. The summed E-state index contributed by atoms with van der Waals surface area (Å²) in [6, 6.07) is -6.96. The van der Waals surface area contributed by atoms with Crippen LogP contribution in [-0.4, -0.2) is 197 Å². The third-order valence-corrected chi connectivity index (χ3v) is 17.6. The summed E-state index contributed by atoms with van der Waals surface area (Å²) in [6.07, 6.45) is 2.53. The molecule has 0 unspecified atom stereocenters. The smallest absolute Gasteiger partial charge is 0.303 e. The summed E-state index contributed by atoms with van der Waals surface area (Å²) in [4.78, 5) is 190. The first-order valence-corrected chi connectivity index (χ1v) is 36.3. The fourth-order valence-corrected chi connectivity index (χ4v) is 11.8. The molecule has 25 N–H and O–H groups in total. The molecule has 1 heterocycles. The number of aromatic hydroxyl groups is 1. The number of nitrogens with two attached hydrogens (primary N) is 7. The second-order valence-electron chi connectivity index (χ2n) is 28.4. The van der Waals surface area contributed by atoms with Gasteiger partial charge in [-0.15, -0.1) is 0 Å². The Morgan fingerprint density at radius 1 is 0.490 bits per heavy atom. The molecule has 1 saturated heterocycles. The number of benzene rings is 1. The van der Waals surface area contributed by atoms with Crippen LogP contribution in [0.1, 0.15) is 184 Å². The van der Waals surface area contributed by atoms with Crippen molar-refractivity contribution in [2.45, 2.75) is 245 Å². The number of aliphatic carboxylic acids is 1. The summed E-state index contributed by atoms with van der Waals surface area (Å²) >= 11 is 0. The molecule has 1 aromatic carbocycles. The van der Waals surface area contributed by atoms with E-state index in [1.807, 2.05) is 0 Å². The zero-order valence-corrected chi connectivity index (χ0v) is 62.4. The van der Waals surface area contributed by atoms with Crippen molar-refractivity contribution in [3.8, 4) is 5.75 Å². The van der Waals surface area contributed by atoms with Crippen LogP contribution in [0.3, 0.4) is 0 Å². The minimum absolute atomic E-state index is 0.0153. The van der Waals surface area contributed by atoms with Crippen molar-refractivity contribution in [3.63, 3.8) is 0 Å². The summed E-state index contributed by atoms with van der Waals surface area (Å²) in [5, 5.41) is 43.4. The van der Waals surface area contributed by atoms with Crippen molar-refractivity contribution in [3.05, 3.63) is 29.8 Å². The van der Waals surface area contributed by atoms with E-state index in [0.29, 0.717) is 63.6 Å². The van der Waals surface area contributed by atoms with E-state index in [0.717, 1.165) is 0 Å². The number of guanidine groups is 2. The maximum Gasteiger partial charge on any atom is 0.303 e. The highest BCUT2D eigenvalue weighted by Crippen LogP contribution is 2.26. The number of Topliss-reactive ketones (excluding diaryl/α,β-unsaturated/α-hetero) is 1. The topological polar surface area (TPSA) is 581 Å². The molecule has 586 valence electrons. The van der Waals surface area contributed by atoms with Crippen LogP contribution in [0.5, 0.6) is 5.75 Å². The van der Waals surface area contributed by atoms with Gasteiger partial charge in [0.25, 0.3) is 0 Å². The second kappa shape index (κ2) is 47.2. The minimum atomic E-state index is -1.62. The SMILES string of the molecule is CC(C)C[C@H](NC(=O)[C@H](CC(C)C)NC(=O)[C@H](CCCCN)NC(=O)[C@H](CCCN=C(N)N)CC(=O)[C@@H]1CCCN1C(=O)[C@@H](C)CCCN=C(N)N)C(=O)N[C@@H](C)C(=O)N[C@@H](CCC(=O)O)C(=O)N[C@@H](CCCCN)C(=O)N[C@H](C(=O)N[C@H](C(=O)N[C@@H](Cc1ccc(O)cc1)C(N)=O)C(C)C)C(C)C. The van der Waals surface area contributed by atoms with Crippen molar-refractivity contribution in [2.75, 3.05) is 32.7 Å². The zero-order valence-electron chi connectivity index (χ0n) is 62.4. The molecule has 0 aliphatic carbocycles. The van der Waals surface area contributed by atoms with Gasteiger partial charge in [-0.05, 0) is 158 Å². The van der Waals surface area contributed by atoms with E-state index in [-0.39, 0.29) is 119 Å². The zero-order chi connectivity index (χ0) is 78.5. The number of aliphatic imine (C=N–C) groups is 2. The van der Waals surface area contributed by atoms with Gasteiger partial charge in [0.2, 0.25) is 65.0 Å². The summed E-state index contributed by atoms with van der Waals surface area (Å²) < 4.78 is 0. The minimum Gasteiger partial charge on any atom is -0.508 e. The van der Waals surface area contributed by atoms with Gasteiger partial charge in [0.05, 0.1) is 6.04 Å². The van der Waals surface area contributed by atoms with Crippen LogP contribution in [-0.2, 0) is 68.7 Å². The van der Waals surface area contributed by atoms with Crippen molar-refractivity contribution in [2.24, 2.45) is 85.6 Å². The number of rotatable bonds is 50. The van der Waals surface area contributed by atoms with Crippen LogP contribution in [0.25, 0.3) is 0 Å². The third-order valence-electron chi connectivity index (χ3n) is 17.6. The summed E-state index contributed by atoms with van der Waals surface area (Å²) in [5.41, 5.74) is 39.9. The van der Waals surface area contributed by atoms with Gasteiger partial charge in [-0.3, -0.25) is 72.3 Å². The largest absolute Gasteiger partial charge is 0.508 e. The van der Waals surface area contributed by atoms with Crippen LogP contribution >= 0.6 is 0 Å². The molecule has 34 nitrogen and oxygen atoms in total. The quantitative estimate of drug-likeness (QED) is 0.0203. The van der Waals surface area contributed by atoms with E-state index >= 15 is 0 Å². The molecule has 0 saturated carbocycles. The van der Waals surface area contributed by atoms with Gasteiger partial charge in [-0.2, -0.15) is 0 Å². The van der Waals surface area contributed by atoms with E-state index in [4.69, 9.17) is 40.1 Å². The Kier molecular flexibility index (Phi) is 41.2. The first-order valence-electron chi connectivity index (χ1n) is 36.3. The predicted octanol–water partition coefficient (Wildman–Crippen LogP) is -1.36. The number of carbonyl (C=O) groups excluding carboxylic acids is 12. The summed E-state index contributed by atoms with van der Waals surface area (Å²) in [5.74, 6) is -13.4. The van der Waals surface area contributed by atoms with Crippen molar-refractivity contribution in [1.82, 2.24) is 52.8 Å². The van der Waals surface area contributed by atoms with Crippen LogP contribution < -0.4 is 88.0 Å². The molecule has 12 atom stereocenters. The molecular weight excluding hydrogens is 1350 g/mol. The molecule has 34 heteroatoms. The van der Waals surface area contributed by atoms with E-state index in [1.165, 1.54) is 19.1 Å². The first kappa shape index (κ1) is 90.9. The average Bonchev–Trinajstić information content (AvgIpc) is 1.61. The number of carboxylic acids is 1. The Morgan fingerprint density at radius 2 is 0.913 bits per heavy atom. The molecule has 1 aliphatic rings. The lowest BCUT2D eigenvalue weighted by Gasteiger charge is -2.30. The first-order chi connectivity index (χ1) is 48.9. The number of nitrogens with zero attached hydrogens (tertiary/aromatic N) is 3. The highest BCUT2D eigenvalue weighted by molar-refractivity contribution is 5.99. The number of ketones is 1. The van der Waals surface area contributed by atoms with Crippen LogP contribution in [0, 0.1) is 35.5 Å². The molecule has 104 heavy (non-hydrogen) atoms. The van der Waals surface area contributed by atoms with Crippen LogP contribution in [0.4, 0.5) is 0 Å². The van der Waals surface area contributed by atoms with Crippen LogP contribution in [0.2, 0.25) is 0 Å². The number of phenols is 1. The van der Waals surface area contributed by atoms with Gasteiger partial charge in [0.15, 0.2) is 17.7 Å². The highest BCUT2D eigenvalue weighted by atomic mass is 16.4. The standard InChI is InChI=1S/C70H121N19O15/c1-38(2)34-51(86-65(101)52(35-39(3)4)85-61(97)47(20-11-13-29-71)82-60(96)45(19-16-32-79-70(76)77)37-54(91)53-22-17-33-89(53)68(104)42(9)18-15-31-78-69(74)75)64(100)80-43(10)59(95)81-49(27-28-55(92)93)62(98)83-48(21-12-14-30-72)63(99)87-57(41(7)8)67(103)88-56(40(5)6)66(102)84-50(58(73)94)36-44-23-25-46(90)26-24-44/h23-26,38-43,45,47-53,56-57,90H,11-22,27-37,71-72H2,1-10H3,(H2,73,94)(H,80,100)(H,81,95)(H,82,96)(H,83,98)(H,84,102)(H,85,97)(H,86,101)(H,87,99)(H,88,103)(H,92,93)(H4,74,75,78)(H4,76,77,79)/t42-,43-,45+,47-,48-,49-,50-,51-,52-,53-,56-,57-/m0/s1. The number of likely N-dealkylation sites (tertiary alicyclic amines) is 1. The van der Waals surface area contributed by atoms with Gasteiger partial charge < -0.3 is 103 Å². The third kappa shape index (κ3) is 33.9. The number of amides is 11. The van der Waals surface area contributed by atoms with Crippen molar-refractivity contribution >= 4 is 88.7 Å². The van der Waals surface area contributed by atoms with Gasteiger partial charge in [0.1, 0.15) is 60.1 Å². The normalized spacial score (nSPS) is 16.0. The second-order valence-corrected chi connectivity index (χ2v) is 28.4. The molecule has 1 aliphatic heterocycles. The average molecular weight is 1470 g/mol. The Labute approximate surface area is 610 Å². The number of hydrogen-bond donors (Lipinski definition) is 18. The number of primary amides is 1. The number of unbranched alkanes of at least 4 members (excludes halogenated alkanes) is 2. The predicted molar refractivity (Wildman–Crippen MR) is 392 cm³/mol. The van der Waals surface area contributed by atoms with Gasteiger partial charge in [0, 0.05) is 50.7 Å². The van der Waals surface area contributed by atoms with Gasteiger partial charge >= 0.3 is 5.97 Å². The fraction of sp³-hybridized carbons (Fsp3) is 0.700. The summed E-state index contributed by atoms with van der Waals surface area (Å²) in [6.45, 7) is 18.0. The van der Waals surface area contributed by atoms with Crippen LogP contribution in [0.15, 0.2) is 34.3 Å². The highest BCUT2D eigenvalue weighted by Gasteiger charge is 2.40. The lowest BCUT2D eigenvalue weighted by molar-refractivity contribution is -0.141. The fourth-order valence-electron chi connectivity index (χ4n) is 11.8.